The van der Waals surface area contributed by atoms with Gasteiger partial charge in [-0.1, -0.05) is 92.7 Å². The highest BCUT2D eigenvalue weighted by Gasteiger charge is 2.40. The van der Waals surface area contributed by atoms with Gasteiger partial charge in [-0.05, 0) is 80.6 Å². The summed E-state index contributed by atoms with van der Waals surface area (Å²) in [5.41, 5.74) is 14.4. The van der Waals surface area contributed by atoms with E-state index >= 15 is 0 Å². The van der Waals surface area contributed by atoms with E-state index < -0.39 is 0 Å². The Bertz CT molecular complexity index is 2300. The molecule has 7 aromatic rings. The van der Waals surface area contributed by atoms with E-state index in [4.69, 9.17) is 0 Å². The summed E-state index contributed by atoms with van der Waals surface area (Å²) in [6, 6.07) is 43.1. The number of nitrogens with one attached hydrogen (secondary N) is 2. The standard InChI is InChI=1S/C39H29N3/c1-39(2)31-13-7-5-11-26(31)28-17-24(15-16-32(28)39)25-18-29-27-12-6-8-14-35(27)42-37(29)30(19-25)36-38(42)41-34-21-23-10-4-3-9-22(23)20-33(34)40-36/h3-21,36,38,40-41H,1-2H3. The molecule has 2 atom stereocenters. The Balaban J connectivity index is 1.19. The van der Waals surface area contributed by atoms with Gasteiger partial charge in [-0.2, -0.15) is 0 Å². The molecule has 0 saturated carbocycles. The van der Waals surface area contributed by atoms with Gasteiger partial charge in [0.15, 0.2) is 0 Å². The normalized spacial score (nSPS) is 18.8. The van der Waals surface area contributed by atoms with Crippen molar-refractivity contribution in [2.24, 2.45) is 0 Å². The SMILES string of the molecule is CC1(C)c2ccccc2-c2cc(-c3cc4c5c(c3)c3ccccc3n5C3Nc5cc6ccccc6cc5NC43)ccc21. The number of rotatable bonds is 1. The molecule has 1 aromatic heterocycles. The highest BCUT2D eigenvalue weighted by molar-refractivity contribution is 6.12. The van der Waals surface area contributed by atoms with Crippen LogP contribution < -0.4 is 10.6 Å². The number of nitrogens with zero attached hydrogens (tertiary/aromatic N) is 1. The molecule has 0 fully saturated rings. The predicted octanol–water partition coefficient (Wildman–Crippen LogP) is 10.0. The number of hydrogen-bond donors (Lipinski definition) is 2. The highest BCUT2D eigenvalue weighted by Crippen LogP contribution is 2.53. The van der Waals surface area contributed by atoms with E-state index in [0.29, 0.717) is 0 Å². The number of para-hydroxylation sites is 1. The highest BCUT2D eigenvalue weighted by atomic mass is 15.3. The maximum atomic E-state index is 3.97. The van der Waals surface area contributed by atoms with E-state index in [-0.39, 0.29) is 17.6 Å². The minimum absolute atomic E-state index is 0.0123. The molecule has 0 saturated heterocycles. The second-order valence-electron chi connectivity index (χ2n) is 12.7. The zero-order valence-corrected chi connectivity index (χ0v) is 23.6. The van der Waals surface area contributed by atoms with Crippen molar-refractivity contribution in [3.05, 3.63) is 132 Å². The summed E-state index contributed by atoms with van der Waals surface area (Å²) in [6.45, 7) is 4.70. The predicted molar refractivity (Wildman–Crippen MR) is 175 cm³/mol. The first-order valence-corrected chi connectivity index (χ1v) is 14.9. The van der Waals surface area contributed by atoms with Crippen molar-refractivity contribution < 1.29 is 0 Å². The van der Waals surface area contributed by atoms with Crippen molar-refractivity contribution >= 4 is 44.0 Å². The molecule has 3 heterocycles. The number of fused-ring (bicyclic) bond motifs is 11. The summed E-state index contributed by atoms with van der Waals surface area (Å²) in [4.78, 5) is 0. The van der Waals surface area contributed by atoms with Crippen LogP contribution in [-0.2, 0) is 5.41 Å². The van der Waals surface area contributed by atoms with Crippen LogP contribution in [-0.4, -0.2) is 4.57 Å². The molecule has 0 radical (unpaired) electrons. The lowest BCUT2D eigenvalue weighted by molar-refractivity contribution is 0.540. The van der Waals surface area contributed by atoms with Gasteiger partial charge in [-0.3, -0.25) is 0 Å². The van der Waals surface area contributed by atoms with Gasteiger partial charge in [0.1, 0.15) is 6.17 Å². The van der Waals surface area contributed by atoms with Gasteiger partial charge in [-0.25, -0.2) is 0 Å². The van der Waals surface area contributed by atoms with Gasteiger partial charge in [-0.15, -0.1) is 0 Å². The van der Waals surface area contributed by atoms with E-state index in [2.05, 4.69) is 144 Å². The van der Waals surface area contributed by atoms with Crippen molar-refractivity contribution in [2.75, 3.05) is 10.6 Å². The summed E-state index contributed by atoms with van der Waals surface area (Å²) in [6.07, 6.45) is 0.0963. The van der Waals surface area contributed by atoms with E-state index in [1.54, 1.807) is 0 Å². The Morgan fingerprint density at radius 1 is 0.595 bits per heavy atom. The maximum Gasteiger partial charge on any atom is 0.129 e. The number of hydrogen-bond acceptors (Lipinski definition) is 2. The van der Waals surface area contributed by atoms with Gasteiger partial charge in [0.05, 0.1) is 28.5 Å². The molecule has 0 spiro atoms. The minimum atomic E-state index is 0.0123. The molecule has 1 aliphatic carbocycles. The summed E-state index contributed by atoms with van der Waals surface area (Å²) < 4.78 is 2.53. The number of aromatic nitrogens is 1. The zero-order valence-electron chi connectivity index (χ0n) is 23.6. The second kappa shape index (κ2) is 7.63. The molecule has 0 bridgehead atoms. The van der Waals surface area contributed by atoms with Gasteiger partial charge < -0.3 is 15.2 Å². The fourth-order valence-corrected chi connectivity index (χ4v) is 8.19. The van der Waals surface area contributed by atoms with Crippen molar-refractivity contribution in [3.63, 3.8) is 0 Å². The lowest BCUT2D eigenvalue weighted by Crippen LogP contribution is -2.30. The van der Waals surface area contributed by atoms with Crippen LogP contribution in [0.25, 0.3) is 54.8 Å². The van der Waals surface area contributed by atoms with Crippen LogP contribution in [0.2, 0.25) is 0 Å². The van der Waals surface area contributed by atoms with E-state index in [9.17, 15) is 0 Å². The molecule has 3 heteroatoms. The third kappa shape index (κ3) is 2.76. The molecule has 3 aliphatic rings. The summed E-state index contributed by atoms with van der Waals surface area (Å²) in [5, 5.41) is 13.1. The van der Waals surface area contributed by atoms with Gasteiger partial charge in [0, 0.05) is 21.8 Å². The van der Waals surface area contributed by atoms with Crippen LogP contribution in [0.4, 0.5) is 11.4 Å². The van der Waals surface area contributed by atoms with Crippen LogP contribution >= 0.6 is 0 Å². The molecule has 42 heavy (non-hydrogen) atoms. The Labute approximate surface area is 244 Å². The van der Waals surface area contributed by atoms with Gasteiger partial charge in [0.2, 0.25) is 0 Å². The van der Waals surface area contributed by atoms with Crippen LogP contribution in [0.3, 0.4) is 0 Å². The number of anilines is 2. The molecule has 2 aliphatic heterocycles. The summed E-state index contributed by atoms with van der Waals surface area (Å²) in [7, 11) is 0. The molecule has 3 nitrogen and oxygen atoms in total. The molecule has 10 rings (SSSR count). The largest absolute Gasteiger partial charge is 0.373 e. The van der Waals surface area contributed by atoms with Crippen molar-refractivity contribution in [1.29, 1.82) is 0 Å². The zero-order chi connectivity index (χ0) is 27.7. The minimum Gasteiger partial charge on any atom is -0.373 e. The Morgan fingerprint density at radius 2 is 1.31 bits per heavy atom. The van der Waals surface area contributed by atoms with Crippen molar-refractivity contribution in [1.82, 2.24) is 4.57 Å². The van der Waals surface area contributed by atoms with Crippen molar-refractivity contribution in [2.45, 2.75) is 31.5 Å². The molecule has 200 valence electrons. The van der Waals surface area contributed by atoms with Crippen LogP contribution in [0.1, 0.15) is 42.7 Å². The molecule has 0 amide bonds. The van der Waals surface area contributed by atoms with Crippen molar-refractivity contribution in [3.8, 4) is 22.3 Å². The first-order chi connectivity index (χ1) is 20.6. The fourth-order valence-electron chi connectivity index (χ4n) is 8.19. The average Bonchev–Trinajstić information content (AvgIpc) is 3.61. The van der Waals surface area contributed by atoms with Crippen LogP contribution in [0, 0.1) is 0 Å². The Morgan fingerprint density at radius 3 is 2.17 bits per heavy atom. The third-order valence-corrected chi connectivity index (χ3v) is 10.2. The molecule has 2 unspecified atom stereocenters. The molecular formula is C39H29N3. The van der Waals surface area contributed by atoms with Crippen LogP contribution in [0.15, 0.2) is 115 Å². The summed E-state index contributed by atoms with van der Waals surface area (Å²) in [5.74, 6) is 0. The van der Waals surface area contributed by atoms with E-state index in [1.165, 1.54) is 77.2 Å². The van der Waals surface area contributed by atoms with Gasteiger partial charge in [0.25, 0.3) is 0 Å². The molecular weight excluding hydrogens is 510 g/mol. The topological polar surface area (TPSA) is 29.0 Å². The maximum absolute atomic E-state index is 3.97. The second-order valence-corrected chi connectivity index (χ2v) is 12.7. The average molecular weight is 540 g/mol. The molecule has 6 aromatic carbocycles. The quantitative estimate of drug-likeness (QED) is 0.217. The Kier molecular flexibility index (Phi) is 4.11. The lowest BCUT2D eigenvalue weighted by Gasteiger charge is -2.34. The third-order valence-electron chi connectivity index (χ3n) is 10.2. The van der Waals surface area contributed by atoms with Crippen LogP contribution in [0.5, 0.6) is 0 Å². The van der Waals surface area contributed by atoms with E-state index in [0.717, 1.165) is 5.69 Å². The Hall–Kier alpha value is -5.02. The molecule has 2 N–H and O–H groups in total. The monoisotopic (exact) mass is 539 g/mol. The summed E-state index contributed by atoms with van der Waals surface area (Å²) >= 11 is 0. The lowest BCUT2D eigenvalue weighted by atomic mass is 9.82. The fraction of sp³-hybridized carbons (Fsp3) is 0.128. The van der Waals surface area contributed by atoms with Gasteiger partial charge >= 0.3 is 0 Å². The first-order valence-electron chi connectivity index (χ1n) is 14.9. The first kappa shape index (κ1) is 22.6. The van der Waals surface area contributed by atoms with E-state index in [1.807, 2.05) is 0 Å². The smallest absolute Gasteiger partial charge is 0.129 e. The number of benzene rings is 6.